The average molecular weight is 341 g/mol. The molecule has 1 atom stereocenters. The van der Waals surface area contributed by atoms with E-state index in [4.69, 9.17) is 0 Å². The SMILES string of the molecule is CC1(C)N=C(c2cc3ccc(F)c(F)c3nn2)c2ccccc2C1F. The lowest BCUT2D eigenvalue weighted by Gasteiger charge is -2.32. The molecule has 3 aromatic rings. The molecule has 0 saturated heterocycles. The van der Waals surface area contributed by atoms with Gasteiger partial charge >= 0.3 is 0 Å². The first-order valence-corrected chi connectivity index (χ1v) is 7.83. The van der Waals surface area contributed by atoms with Crippen LogP contribution in [0.3, 0.4) is 0 Å². The summed E-state index contributed by atoms with van der Waals surface area (Å²) >= 11 is 0. The molecule has 2 aromatic carbocycles. The topological polar surface area (TPSA) is 38.1 Å². The number of nitrogens with zero attached hydrogens (tertiary/aromatic N) is 3. The van der Waals surface area contributed by atoms with Crippen molar-refractivity contribution in [2.45, 2.75) is 25.6 Å². The maximum absolute atomic E-state index is 14.8. The van der Waals surface area contributed by atoms with Gasteiger partial charge in [0.25, 0.3) is 0 Å². The molecule has 0 N–H and O–H groups in total. The molecule has 4 rings (SSSR count). The van der Waals surface area contributed by atoms with E-state index in [2.05, 4.69) is 15.2 Å². The fraction of sp³-hybridized carbons (Fsp3) is 0.211. The van der Waals surface area contributed by atoms with Gasteiger partial charge < -0.3 is 0 Å². The van der Waals surface area contributed by atoms with E-state index in [1.807, 2.05) is 0 Å². The van der Waals surface area contributed by atoms with Gasteiger partial charge in [0, 0.05) is 10.9 Å². The quantitative estimate of drug-likeness (QED) is 0.651. The van der Waals surface area contributed by atoms with Crippen molar-refractivity contribution in [3.05, 3.63) is 70.9 Å². The van der Waals surface area contributed by atoms with Crippen LogP contribution in [0.4, 0.5) is 13.2 Å². The van der Waals surface area contributed by atoms with Gasteiger partial charge in [0.05, 0.1) is 11.3 Å². The largest absolute Gasteiger partial charge is 0.273 e. The normalized spacial score (nSPS) is 18.8. The van der Waals surface area contributed by atoms with Crippen LogP contribution in [-0.2, 0) is 0 Å². The van der Waals surface area contributed by atoms with Crippen LogP contribution in [0.5, 0.6) is 0 Å². The number of benzene rings is 2. The Morgan fingerprint density at radius 3 is 2.56 bits per heavy atom. The van der Waals surface area contributed by atoms with Crippen LogP contribution in [0.1, 0.15) is 36.8 Å². The number of fused-ring (bicyclic) bond motifs is 2. The Morgan fingerprint density at radius 2 is 1.76 bits per heavy atom. The van der Waals surface area contributed by atoms with Crippen LogP contribution < -0.4 is 0 Å². The van der Waals surface area contributed by atoms with Crippen molar-refractivity contribution < 1.29 is 13.2 Å². The Kier molecular flexibility index (Phi) is 3.39. The number of halogens is 3. The Morgan fingerprint density at radius 1 is 1.00 bits per heavy atom. The van der Waals surface area contributed by atoms with Crippen molar-refractivity contribution in [1.29, 1.82) is 0 Å². The van der Waals surface area contributed by atoms with Crippen LogP contribution in [0.2, 0.25) is 0 Å². The zero-order valence-corrected chi connectivity index (χ0v) is 13.6. The lowest BCUT2D eigenvalue weighted by Crippen LogP contribution is -2.32. The monoisotopic (exact) mass is 341 g/mol. The molecule has 1 aliphatic heterocycles. The summed E-state index contributed by atoms with van der Waals surface area (Å²) in [6, 6.07) is 11.1. The number of hydrogen-bond acceptors (Lipinski definition) is 3. The summed E-state index contributed by atoms with van der Waals surface area (Å²) in [6.07, 6.45) is -1.24. The van der Waals surface area contributed by atoms with Gasteiger partial charge in [-0.25, -0.2) is 13.2 Å². The summed E-state index contributed by atoms with van der Waals surface area (Å²) in [5.41, 5.74) is 0.944. The highest BCUT2D eigenvalue weighted by Crippen LogP contribution is 2.40. The van der Waals surface area contributed by atoms with Crippen LogP contribution in [-0.4, -0.2) is 21.4 Å². The van der Waals surface area contributed by atoms with Gasteiger partial charge in [0.15, 0.2) is 17.8 Å². The Bertz CT molecular complexity index is 1030. The van der Waals surface area contributed by atoms with Crippen molar-refractivity contribution in [3.8, 4) is 0 Å². The van der Waals surface area contributed by atoms with Gasteiger partial charge in [-0.05, 0) is 37.6 Å². The summed E-state index contributed by atoms with van der Waals surface area (Å²) in [5, 5.41) is 8.24. The highest BCUT2D eigenvalue weighted by molar-refractivity contribution is 6.14. The van der Waals surface area contributed by atoms with Crippen molar-refractivity contribution in [1.82, 2.24) is 10.2 Å². The third-order valence-electron chi connectivity index (χ3n) is 4.40. The van der Waals surface area contributed by atoms with Gasteiger partial charge in [-0.3, -0.25) is 4.99 Å². The molecule has 1 unspecified atom stereocenters. The molecular formula is C19H14F3N3. The minimum atomic E-state index is -1.24. The third-order valence-corrected chi connectivity index (χ3v) is 4.40. The fourth-order valence-corrected chi connectivity index (χ4v) is 3.08. The Hall–Kier alpha value is -2.76. The molecule has 0 bridgehead atoms. The number of aromatic nitrogens is 2. The molecule has 0 aliphatic carbocycles. The molecule has 1 aliphatic rings. The first kappa shape index (κ1) is 15.7. The lowest BCUT2D eigenvalue weighted by molar-refractivity contribution is 0.221. The molecule has 3 nitrogen and oxygen atoms in total. The van der Waals surface area contributed by atoms with Crippen molar-refractivity contribution in [2.24, 2.45) is 4.99 Å². The van der Waals surface area contributed by atoms with E-state index in [1.165, 1.54) is 6.07 Å². The number of hydrogen-bond donors (Lipinski definition) is 0. The second-order valence-electron chi connectivity index (χ2n) is 6.59. The van der Waals surface area contributed by atoms with E-state index in [0.717, 1.165) is 6.07 Å². The van der Waals surface area contributed by atoms with Crippen LogP contribution >= 0.6 is 0 Å². The first-order chi connectivity index (χ1) is 11.9. The van der Waals surface area contributed by atoms with Gasteiger partial charge in [0.2, 0.25) is 0 Å². The molecule has 126 valence electrons. The van der Waals surface area contributed by atoms with Crippen LogP contribution in [0.25, 0.3) is 10.9 Å². The van der Waals surface area contributed by atoms with Crippen molar-refractivity contribution in [3.63, 3.8) is 0 Å². The summed E-state index contributed by atoms with van der Waals surface area (Å²) in [5.74, 6) is -2.01. The van der Waals surface area contributed by atoms with Crippen molar-refractivity contribution >= 4 is 16.6 Å². The molecule has 0 amide bonds. The zero-order chi connectivity index (χ0) is 17.8. The zero-order valence-electron chi connectivity index (χ0n) is 13.6. The van der Waals surface area contributed by atoms with E-state index in [0.29, 0.717) is 27.9 Å². The minimum Gasteiger partial charge on any atom is -0.273 e. The molecule has 0 saturated carbocycles. The minimum absolute atomic E-state index is 0.143. The highest BCUT2D eigenvalue weighted by atomic mass is 19.2. The smallest absolute Gasteiger partial charge is 0.186 e. The summed E-state index contributed by atoms with van der Waals surface area (Å²) < 4.78 is 41.9. The molecule has 0 radical (unpaired) electrons. The van der Waals surface area contributed by atoms with Gasteiger partial charge in [-0.1, -0.05) is 24.3 Å². The predicted molar refractivity (Wildman–Crippen MR) is 89.5 cm³/mol. The molecule has 0 fully saturated rings. The van der Waals surface area contributed by atoms with E-state index < -0.39 is 23.3 Å². The standard InChI is InChI=1S/C19H14F3N3/c1-19(2)18(22)12-6-4-3-5-11(12)17(23-19)14-9-10-7-8-13(20)15(21)16(10)25-24-14/h3-9,18H,1-2H3. The molecule has 2 heterocycles. The maximum Gasteiger partial charge on any atom is 0.186 e. The highest BCUT2D eigenvalue weighted by Gasteiger charge is 2.37. The molecule has 1 aromatic heterocycles. The first-order valence-electron chi connectivity index (χ1n) is 7.83. The Balaban J connectivity index is 1.94. The van der Waals surface area contributed by atoms with E-state index in [1.54, 1.807) is 44.2 Å². The van der Waals surface area contributed by atoms with E-state index in [-0.39, 0.29) is 5.52 Å². The van der Waals surface area contributed by atoms with Crippen LogP contribution in [0.15, 0.2) is 47.5 Å². The average Bonchev–Trinajstić information content (AvgIpc) is 2.61. The second-order valence-corrected chi connectivity index (χ2v) is 6.59. The molecule has 0 spiro atoms. The number of aliphatic imine (C=N–C) groups is 1. The van der Waals surface area contributed by atoms with E-state index >= 15 is 0 Å². The maximum atomic E-state index is 14.8. The third kappa shape index (κ3) is 2.40. The Labute approximate surface area is 142 Å². The summed E-state index contributed by atoms with van der Waals surface area (Å²) in [4.78, 5) is 4.52. The van der Waals surface area contributed by atoms with Gasteiger partial charge in [0.1, 0.15) is 11.2 Å². The molecule has 25 heavy (non-hydrogen) atoms. The van der Waals surface area contributed by atoms with E-state index in [9.17, 15) is 13.2 Å². The predicted octanol–water partition coefficient (Wildman–Crippen LogP) is 4.55. The van der Waals surface area contributed by atoms with Crippen molar-refractivity contribution in [2.75, 3.05) is 0 Å². The van der Waals surface area contributed by atoms with Gasteiger partial charge in [-0.15, -0.1) is 10.2 Å². The summed E-state index contributed by atoms with van der Waals surface area (Å²) in [6.45, 7) is 3.41. The second kappa shape index (κ2) is 5.37. The number of rotatable bonds is 1. The lowest BCUT2D eigenvalue weighted by atomic mass is 9.84. The number of alkyl halides is 1. The fourth-order valence-electron chi connectivity index (χ4n) is 3.08. The van der Waals surface area contributed by atoms with Crippen LogP contribution in [0, 0.1) is 11.6 Å². The molecule has 6 heteroatoms. The molecular weight excluding hydrogens is 327 g/mol. The van der Waals surface area contributed by atoms with Gasteiger partial charge in [-0.2, -0.15) is 0 Å². The summed E-state index contributed by atoms with van der Waals surface area (Å²) in [7, 11) is 0.